The standard InChI is InChI=1S/C19H25N3O.HI/c1-15-8-7-9-17(12-15)14-22-19(20-3)21-13-16(2)23-18-10-5-4-6-11-18;/h4-12,16H,13-14H2,1-3H3,(H2,20,21,22);1H. The molecule has 0 aliphatic rings. The summed E-state index contributed by atoms with van der Waals surface area (Å²) in [7, 11) is 1.77. The molecule has 0 aromatic heterocycles. The fraction of sp³-hybridized carbons (Fsp3) is 0.316. The molecule has 2 aromatic rings. The molecule has 0 fully saturated rings. The van der Waals surface area contributed by atoms with Crippen LogP contribution in [0.1, 0.15) is 18.1 Å². The molecule has 5 heteroatoms. The van der Waals surface area contributed by atoms with Gasteiger partial charge in [0.15, 0.2) is 5.96 Å². The summed E-state index contributed by atoms with van der Waals surface area (Å²) in [6.07, 6.45) is 0.0509. The SMILES string of the molecule is CN=C(NCc1cccc(C)c1)NCC(C)Oc1ccccc1.I. The Morgan fingerprint density at radius 3 is 2.50 bits per heavy atom. The molecule has 2 N–H and O–H groups in total. The third kappa shape index (κ3) is 7.21. The number of rotatable bonds is 6. The van der Waals surface area contributed by atoms with Crippen LogP contribution in [-0.2, 0) is 6.54 Å². The zero-order valence-electron chi connectivity index (χ0n) is 14.5. The molecular formula is C19H26IN3O. The normalized spacial score (nSPS) is 12.0. The summed E-state index contributed by atoms with van der Waals surface area (Å²) >= 11 is 0. The molecule has 0 aliphatic heterocycles. The van der Waals surface area contributed by atoms with E-state index in [1.165, 1.54) is 11.1 Å². The number of halogens is 1. The highest BCUT2D eigenvalue weighted by atomic mass is 127. The number of benzene rings is 2. The van der Waals surface area contributed by atoms with E-state index >= 15 is 0 Å². The summed E-state index contributed by atoms with van der Waals surface area (Å²) in [5.74, 6) is 1.65. The number of para-hydroxylation sites is 1. The first-order chi connectivity index (χ1) is 11.2. The van der Waals surface area contributed by atoms with Crippen LogP contribution in [0.4, 0.5) is 0 Å². The lowest BCUT2D eigenvalue weighted by Gasteiger charge is -2.17. The molecule has 2 rings (SSSR count). The van der Waals surface area contributed by atoms with Gasteiger partial charge in [-0.15, -0.1) is 24.0 Å². The summed E-state index contributed by atoms with van der Waals surface area (Å²) in [5.41, 5.74) is 2.50. The first-order valence-corrected chi connectivity index (χ1v) is 7.89. The van der Waals surface area contributed by atoms with Crippen LogP contribution >= 0.6 is 24.0 Å². The highest BCUT2D eigenvalue weighted by Gasteiger charge is 2.05. The van der Waals surface area contributed by atoms with Crippen molar-refractivity contribution < 1.29 is 4.74 Å². The van der Waals surface area contributed by atoms with Crippen molar-refractivity contribution in [3.8, 4) is 5.75 Å². The quantitative estimate of drug-likeness (QED) is 0.410. The number of nitrogens with one attached hydrogen (secondary N) is 2. The molecule has 1 atom stereocenters. The van der Waals surface area contributed by atoms with Gasteiger partial charge in [-0.25, -0.2) is 0 Å². The van der Waals surface area contributed by atoms with E-state index in [1.54, 1.807) is 7.05 Å². The van der Waals surface area contributed by atoms with Gasteiger partial charge in [0.25, 0.3) is 0 Å². The third-order valence-corrected chi connectivity index (χ3v) is 3.40. The summed E-state index contributed by atoms with van der Waals surface area (Å²) in [4.78, 5) is 4.24. The minimum absolute atomic E-state index is 0. The van der Waals surface area contributed by atoms with E-state index in [-0.39, 0.29) is 30.1 Å². The van der Waals surface area contributed by atoms with Gasteiger partial charge >= 0.3 is 0 Å². The van der Waals surface area contributed by atoms with Gasteiger partial charge < -0.3 is 15.4 Å². The lowest BCUT2D eigenvalue weighted by molar-refractivity contribution is 0.224. The van der Waals surface area contributed by atoms with Crippen molar-refractivity contribution in [3.05, 3.63) is 65.7 Å². The van der Waals surface area contributed by atoms with Crippen LogP contribution < -0.4 is 15.4 Å². The molecule has 0 radical (unpaired) electrons. The summed E-state index contributed by atoms with van der Waals surface area (Å²) in [6.45, 7) is 5.56. The van der Waals surface area contributed by atoms with E-state index in [2.05, 4.69) is 46.8 Å². The molecule has 0 bridgehead atoms. The number of aliphatic imine (C=N–C) groups is 1. The average molecular weight is 439 g/mol. The molecule has 0 saturated heterocycles. The predicted octanol–water partition coefficient (Wildman–Crippen LogP) is 3.75. The maximum Gasteiger partial charge on any atom is 0.191 e. The molecule has 0 aliphatic carbocycles. The average Bonchev–Trinajstić information content (AvgIpc) is 2.56. The first kappa shape index (κ1) is 20.3. The van der Waals surface area contributed by atoms with Gasteiger partial charge in [-0.2, -0.15) is 0 Å². The van der Waals surface area contributed by atoms with Gasteiger partial charge in [-0.05, 0) is 31.5 Å². The lowest BCUT2D eigenvalue weighted by Crippen LogP contribution is -2.41. The van der Waals surface area contributed by atoms with Gasteiger partial charge in [0, 0.05) is 13.6 Å². The van der Waals surface area contributed by atoms with Gasteiger partial charge in [0.1, 0.15) is 11.9 Å². The topological polar surface area (TPSA) is 45.7 Å². The number of hydrogen-bond acceptors (Lipinski definition) is 2. The Morgan fingerprint density at radius 2 is 1.83 bits per heavy atom. The van der Waals surface area contributed by atoms with Crippen molar-refractivity contribution in [3.63, 3.8) is 0 Å². The number of hydrogen-bond donors (Lipinski definition) is 2. The van der Waals surface area contributed by atoms with Crippen LogP contribution in [0.3, 0.4) is 0 Å². The zero-order chi connectivity index (χ0) is 16.5. The minimum Gasteiger partial charge on any atom is -0.489 e. The predicted molar refractivity (Wildman–Crippen MR) is 111 cm³/mol. The Morgan fingerprint density at radius 1 is 1.08 bits per heavy atom. The number of nitrogens with zero attached hydrogens (tertiary/aromatic N) is 1. The Balaban J connectivity index is 0.00000288. The Labute approximate surface area is 161 Å². The van der Waals surface area contributed by atoms with Gasteiger partial charge in [-0.1, -0.05) is 48.0 Å². The first-order valence-electron chi connectivity index (χ1n) is 7.89. The Kier molecular flexibility index (Phi) is 9.22. The van der Waals surface area contributed by atoms with Gasteiger partial charge in [0.05, 0.1) is 6.54 Å². The van der Waals surface area contributed by atoms with Crippen molar-refractivity contribution in [1.82, 2.24) is 10.6 Å². The molecule has 2 aromatic carbocycles. The van der Waals surface area contributed by atoms with Crippen LogP contribution in [0, 0.1) is 6.92 Å². The molecular weight excluding hydrogens is 413 g/mol. The molecule has 24 heavy (non-hydrogen) atoms. The van der Waals surface area contributed by atoms with Crippen LogP contribution in [-0.4, -0.2) is 25.7 Å². The fourth-order valence-electron chi connectivity index (χ4n) is 2.24. The Bertz CT molecular complexity index is 632. The van der Waals surface area contributed by atoms with Gasteiger partial charge in [-0.3, -0.25) is 4.99 Å². The second-order valence-electron chi connectivity index (χ2n) is 5.54. The van der Waals surface area contributed by atoms with Crippen molar-refractivity contribution in [2.75, 3.05) is 13.6 Å². The molecule has 130 valence electrons. The van der Waals surface area contributed by atoms with E-state index in [9.17, 15) is 0 Å². The van der Waals surface area contributed by atoms with Crippen LogP contribution in [0.5, 0.6) is 5.75 Å². The Hall–Kier alpha value is -1.76. The number of ether oxygens (including phenoxy) is 1. The minimum atomic E-state index is 0. The molecule has 0 saturated carbocycles. The summed E-state index contributed by atoms with van der Waals surface area (Å²) in [5, 5.41) is 6.60. The largest absolute Gasteiger partial charge is 0.489 e. The molecule has 1 unspecified atom stereocenters. The maximum atomic E-state index is 5.84. The third-order valence-electron chi connectivity index (χ3n) is 3.40. The van der Waals surface area contributed by atoms with Crippen LogP contribution in [0.2, 0.25) is 0 Å². The number of guanidine groups is 1. The molecule has 0 spiro atoms. The van der Waals surface area contributed by atoms with Crippen molar-refractivity contribution in [1.29, 1.82) is 0 Å². The molecule has 0 amide bonds. The van der Waals surface area contributed by atoms with Crippen molar-refractivity contribution in [2.24, 2.45) is 4.99 Å². The van der Waals surface area contributed by atoms with E-state index < -0.39 is 0 Å². The van der Waals surface area contributed by atoms with E-state index in [1.807, 2.05) is 37.3 Å². The van der Waals surface area contributed by atoms with E-state index in [4.69, 9.17) is 4.74 Å². The highest BCUT2D eigenvalue weighted by molar-refractivity contribution is 14.0. The molecule has 0 heterocycles. The second kappa shape index (κ2) is 10.9. The summed E-state index contributed by atoms with van der Waals surface area (Å²) < 4.78 is 5.84. The number of aryl methyl sites for hydroxylation is 1. The van der Waals surface area contributed by atoms with E-state index in [0.29, 0.717) is 6.54 Å². The van der Waals surface area contributed by atoms with E-state index in [0.717, 1.165) is 18.3 Å². The lowest BCUT2D eigenvalue weighted by atomic mass is 10.1. The van der Waals surface area contributed by atoms with Crippen LogP contribution in [0.15, 0.2) is 59.6 Å². The second-order valence-corrected chi connectivity index (χ2v) is 5.54. The van der Waals surface area contributed by atoms with Crippen molar-refractivity contribution in [2.45, 2.75) is 26.5 Å². The summed E-state index contributed by atoms with van der Waals surface area (Å²) in [6, 6.07) is 18.3. The highest BCUT2D eigenvalue weighted by Crippen LogP contribution is 2.10. The monoisotopic (exact) mass is 439 g/mol. The fourth-order valence-corrected chi connectivity index (χ4v) is 2.24. The zero-order valence-corrected chi connectivity index (χ0v) is 16.8. The smallest absolute Gasteiger partial charge is 0.191 e. The van der Waals surface area contributed by atoms with Crippen molar-refractivity contribution >= 4 is 29.9 Å². The van der Waals surface area contributed by atoms with Crippen LogP contribution in [0.25, 0.3) is 0 Å². The maximum absolute atomic E-state index is 5.84. The molecule has 4 nitrogen and oxygen atoms in total. The van der Waals surface area contributed by atoms with Gasteiger partial charge in [0.2, 0.25) is 0 Å².